The molecule has 0 fully saturated rings. The number of benzene rings is 2. The summed E-state index contributed by atoms with van der Waals surface area (Å²) in [7, 11) is 2.07. The highest BCUT2D eigenvalue weighted by Crippen LogP contribution is 2.34. The molecule has 0 spiro atoms. The molecule has 0 bridgehead atoms. The van der Waals surface area contributed by atoms with Crippen molar-refractivity contribution in [2.75, 3.05) is 6.54 Å². The topological polar surface area (TPSA) is 75.9 Å². The Morgan fingerprint density at radius 2 is 1.81 bits per heavy atom. The summed E-state index contributed by atoms with van der Waals surface area (Å²) in [5.41, 5.74) is 10.9. The number of carbonyl (C=O) groups excluding carboxylic acids is 1. The molecule has 3 aromatic heterocycles. The summed E-state index contributed by atoms with van der Waals surface area (Å²) in [6.07, 6.45) is 9.89. The molecular formula is C35H38N6O. The van der Waals surface area contributed by atoms with Gasteiger partial charge in [0.2, 0.25) is 0 Å². The number of imidazole rings is 1. The van der Waals surface area contributed by atoms with Gasteiger partial charge in [-0.2, -0.15) is 0 Å². The Morgan fingerprint density at radius 1 is 0.976 bits per heavy atom. The minimum absolute atomic E-state index is 0.0831. The third kappa shape index (κ3) is 5.83. The summed E-state index contributed by atoms with van der Waals surface area (Å²) in [6.45, 7) is 6.06. The predicted molar refractivity (Wildman–Crippen MR) is 166 cm³/mol. The number of hydrogen-bond donors (Lipinski definition) is 1. The number of aryl methyl sites for hydroxylation is 4. The first kappa shape index (κ1) is 27.8. The van der Waals surface area contributed by atoms with Gasteiger partial charge in [0.1, 0.15) is 0 Å². The lowest BCUT2D eigenvalue weighted by Crippen LogP contribution is -2.33. The molecule has 0 aliphatic heterocycles. The van der Waals surface area contributed by atoms with Crippen molar-refractivity contribution >= 4 is 16.9 Å². The molecule has 1 amide bonds. The van der Waals surface area contributed by atoms with Gasteiger partial charge in [-0.1, -0.05) is 42.5 Å². The zero-order chi connectivity index (χ0) is 29.1. The summed E-state index contributed by atoms with van der Waals surface area (Å²) in [4.78, 5) is 29.2. The molecule has 2 aromatic carbocycles. The third-order valence-electron chi connectivity index (χ3n) is 8.53. The Hall–Kier alpha value is -4.36. The molecule has 1 aliphatic rings. The van der Waals surface area contributed by atoms with E-state index < -0.39 is 0 Å². The summed E-state index contributed by atoms with van der Waals surface area (Å²) in [5, 5.41) is 3.07. The van der Waals surface area contributed by atoms with Crippen molar-refractivity contribution in [3.8, 4) is 0 Å². The van der Waals surface area contributed by atoms with Gasteiger partial charge in [0.15, 0.2) is 0 Å². The molecule has 1 unspecified atom stereocenters. The fourth-order valence-electron chi connectivity index (χ4n) is 6.35. The molecule has 1 atom stereocenters. The van der Waals surface area contributed by atoms with Crippen LogP contribution in [0.5, 0.6) is 0 Å². The number of nitrogens with zero attached hydrogens (tertiary/aromatic N) is 5. The van der Waals surface area contributed by atoms with Gasteiger partial charge in [0.25, 0.3) is 5.91 Å². The Labute approximate surface area is 247 Å². The SMILES string of the molecule is Cc1ccnc(C)c1C(=O)NCc1ccc(CN(CCc2cccc3ncn(C)c23)C2CCCc3cccnc32)cc1. The van der Waals surface area contributed by atoms with Gasteiger partial charge in [-0.3, -0.25) is 19.7 Å². The number of rotatable bonds is 9. The number of nitrogens with one attached hydrogen (secondary N) is 1. The first-order chi connectivity index (χ1) is 20.5. The van der Waals surface area contributed by atoms with Crippen molar-refractivity contribution in [1.29, 1.82) is 0 Å². The molecule has 7 nitrogen and oxygen atoms in total. The number of aromatic nitrogens is 4. The first-order valence-electron chi connectivity index (χ1n) is 14.8. The number of carbonyl (C=O) groups is 1. The maximum Gasteiger partial charge on any atom is 0.253 e. The molecule has 1 N–H and O–H groups in total. The van der Waals surface area contributed by atoms with Crippen LogP contribution in [0.1, 0.15) is 68.4 Å². The van der Waals surface area contributed by atoms with Crippen LogP contribution in [0.4, 0.5) is 0 Å². The van der Waals surface area contributed by atoms with Gasteiger partial charge in [0.05, 0.1) is 40.4 Å². The van der Waals surface area contributed by atoms with E-state index in [0.29, 0.717) is 12.1 Å². The predicted octanol–water partition coefficient (Wildman–Crippen LogP) is 6.03. The van der Waals surface area contributed by atoms with Crippen LogP contribution in [0.2, 0.25) is 0 Å². The van der Waals surface area contributed by atoms with Gasteiger partial charge in [-0.05, 0) is 85.5 Å². The average Bonchev–Trinajstić information content (AvgIpc) is 3.39. The number of para-hydroxylation sites is 1. The summed E-state index contributed by atoms with van der Waals surface area (Å²) >= 11 is 0. The van der Waals surface area contributed by atoms with E-state index in [1.807, 2.05) is 32.4 Å². The second-order valence-corrected chi connectivity index (χ2v) is 11.4. The van der Waals surface area contributed by atoms with Crippen LogP contribution in [0, 0.1) is 13.8 Å². The van der Waals surface area contributed by atoms with E-state index in [1.54, 1.807) is 6.20 Å². The van der Waals surface area contributed by atoms with Crippen LogP contribution in [0.3, 0.4) is 0 Å². The normalized spacial score (nSPS) is 14.7. The van der Waals surface area contributed by atoms with Gasteiger partial charge in [-0.15, -0.1) is 0 Å². The fraction of sp³-hybridized carbons (Fsp3) is 0.314. The maximum absolute atomic E-state index is 12.9. The first-order valence-corrected chi connectivity index (χ1v) is 14.8. The minimum atomic E-state index is -0.0831. The molecule has 1 aliphatic carbocycles. The lowest BCUT2D eigenvalue weighted by atomic mass is 9.90. The van der Waals surface area contributed by atoms with E-state index in [1.165, 1.54) is 34.3 Å². The van der Waals surface area contributed by atoms with Crippen LogP contribution in [-0.4, -0.2) is 36.9 Å². The Morgan fingerprint density at radius 3 is 2.64 bits per heavy atom. The fourth-order valence-corrected chi connectivity index (χ4v) is 6.35. The van der Waals surface area contributed by atoms with Gasteiger partial charge < -0.3 is 9.88 Å². The lowest BCUT2D eigenvalue weighted by Gasteiger charge is -2.35. The molecular weight excluding hydrogens is 520 g/mol. The van der Waals surface area contributed by atoms with Crippen LogP contribution >= 0.6 is 0 Å². The molecule has 7 heteroatoms. The zero-order valence-corrected chi connectivity index (χ0v) is 24.7. The molecule has 6 rings (SSSR count). The van der Waals surface area contributed by atoms with E-state index >= 15 is 0 Å². The van der Waals surface area contributed by atoms with Crippen LogP contribution in [0.25, 0.3) is 11.0 Å². The van der Waals surface area contributed by atoms with E-state index in [0.717, 1.165) is 54.7 Å². The van der Waals surface area contributed by atoms with Crippen molar-refractivity contribution in [2.45, 2.75) is 58.7 Å². The number of pyridine rings is 2. The summed E-state index contributed by atoms with van der Waals surface area (Å²) in [6, 6.07) is 21.5. The highest BCUT2D eigenvalue weighted by Gasteiger charge is 2.27. The van der Waals surface area contributed by atoms with E-state index in [4.69, 9.17) is 4.98 Å². The van der Waals surface area contributed by atoms with Crippen molar-refractivity contribution in [2.24, 2.45) is 7.05 Å². The minimum Gasteiger partial charge on any atom is -0.348 e. The van der Waals surface area contributed by atoms with E-state index in [9.17, 15) is 4.79 Å². The lowest BCUT2D eigenvalue weighted by molar-refractivity contribution is 0.0949. The molecule has 42 heavy (non-hydrogen) atoms. The quantitative estimate of drug-likeness (QED) is 0.239. The van der Waals surface area contributed by atoms with Gasteiger partial charge >= 0.3 is 0 Å². The monoisotopic (exact) mass is 558 g/mol. The number of amides is 1. The van der Waals surface area contributed by atoms with Crippen LogP contribution in [0.15, 0.2) is 79.4 Å². The number of fused-ring (bicyclic) bond motifs is 2. The van der Waals surface area contributed by atoms with Crippen molar-refractivity contribution in [1.82, 2.24) is 29.7 Å². The number of hydrogen-bond acceptors (Lipinski definition) is 5. The molecule has 5 aromatic rings. The van der Waals surface area contributed by atoms with Crippen molar-refractivity contribution in [3.05, 3.63) is 124 Å². The third-order valence-corrected chi connectivity index (χ3v) is 8.53. The molecule has 0 radical (unpaired) electrons. The average molecular weight is 559 g/mol. The zero-order valence-electron chi connectivity index (χ0n) is 24.7. The van der Waals surface area contributed by atoms with E-state index in [-0.39, 0.29) is 11.9 Å². The van der Waals surface area contributed by atoms with Gasteiger partial charge in [0, 0.05) is 39.1 Å². The van der Waals surface area contributed by atoms with Crippen molar-refractivity contribution < 1.29 is 4.79 Å². The Bertz CT molecular complexity index is 1690. The van der Waals surface area contributed by atoms with Gasteiger partial charge in [-0.25, -0.2) is 4.98 Å². The highest BCUT2D eigenvalue weighted by molar-refractivity contribution is 5.96. The van der Waals surface area contributed by atoms with Crippen LogP contribution < -0.4 is 5.32 Å². The second kappa shape index (κ2) is 12.2. The second-order valence-electron chi connectivity index (χ2n) is 11.4. The highest BCUT2D eigenvalue weighted by atomic mass is 16.1. The van der Waals surface area contributed by atoms with Crippen molar-refractivity contribution in [3.63, 3.8) is 0 Å². The summed E-state index contributed by atoms with van der Waals surface area (Å²) in [5.74, 6) is -0.0831. The Balaban J connectivity index is 1.19. The molecule has 214 valence electrons. The summed E-state index contributed by atoms with van der Waals surface area (Å²) < 4.78 is 2.13. The largest absolute Gasteiger partial charge is 0.348 e. The smallest absolute Gasteiger partial charge is 0.253 e. The van der Waals surface area contributed by atoms with Crippen LogP contribution in [-0.2, 0) is 33.0 Å². The Kier molecular flexibility index (Phi) is 8.11. The van der Waals surface area contributed by atoms with E-state index in [2.05, 4.69) is 86.4 Å². The molecule has 0 saturated heterocycles. The molecule has 3 heterocycles. The maximum atomic E-state index is 12.9. The molecule has 0 saturated carbocycles. The standard InChI is InChI=1S/C35H38N6O/c1-24-16-19-36-25(2)32(24)35(42)38-21-26-12-14-27(15-13-26)22-41(31-11-5-7-28-9-6-18-37-33(28)31)20-17-29-8-4-10-30-34(29)40(3)23-39-30/h4,6,8-10,12-16,18-19,23,31H,5,7,11,17,20-22H2,1-3H3,(H,38,42).